The Balaban J connectivity index is 0.000000523. The summed E-state index contributed by atoms with van der Waals surface area (Å²) in [6.07, 6.45) is 13.7. The van der Waals surface area contributed by atoms with Crippen LogP contribution < -0.4 is 0 Å². The fourth-order valence-corrected chi connectivity index (χ4v) is 7.40. The third-order valence-electron chi connectivity index (χ3n) is 9.27. The Bertz CT molecular complexity index is 715. The highest BCUT2D eigenvalue weighted by molar-refractivity contribution is 5.91. The molecule has 7 unspecified atom stereocenters. The minimum Gasteiger partial charge on any atom is -0.469 e. The molecule has 3 saturated carbocycles. The summed E-state index contributed by atoms with van der Waals surface area (Å²) >= 11 is 0. The lowest BCUT2D eigenvalue weighted by Crippen LogP contribution is -2.51. The van der Waals surface area contributed by atoms with Crippen LogP contribution in [0.2, 0.25) is 0 Å². The van der Waals surface area contributed by atoms with Crippen molar-refractivity contribution in [3.05, 3.63) is 11.6 Å². The van der Waals surface area contributed by atoms with E-state index in [1.165, 1.54) is 51.7 Å². The molecule has 0 aromatic rings. The molecule has 5 nitrogen and oxygen atoms in total. The third kappa shape index (κ3) is 4.84. The molecule has 182 valence electrons. The maximum atomic E-state index is 12.0. The van der Waals surface area contributed by atoms with Gasteiger partial charge in [0.1, 0.15) is 0 Å². The maximum absolute atomic E-state index is 12.0. The first-order valence-electron chi connectivity index (χ1n) is 12.7. The lowest BCUT2D eigenvalue weighted by Gasteiger charge is -2.58. The van der Waals surface area contributed by atoms with Crippen molar-refractivity contribution in [2.45, 2.75) is 104 Å². The normalized spacial score (nSPS) is 38.9. The molecular formula is C27H44O5. The molecule has 32 heavy (non-hydrogen) atoms. The van der Waals surface area contributed by atoms with E-state index in [4.69, 9.17) is 9.47 Å². The second-order valence-electron chi connectivity index (χ2n) is 10.9. The highest BCUT2D eigenvalue weighted by atomic mass is 16.7. The lowest BCUT2D eigenvalue weighted by molar-refractivity contribution is -0.194. The molecule has 0 bridgehead atoms. The fourth-order valence-electron chi connectivity index (χ4n) is 7.40. The summed E-state index contributed by atoms with van der Waals surface area (Å²) in [6.45, 7) is 8.53. The number of carbonyl (C=O) groups is 2. The van der Waals surface area contributed by atoms with Crippen LogP contribution in [0.15, 0.2) is 11.6 Å². The van der Waals surface area contributed by atoms with Crippen molar-refractivity contribution in [2.75, 3.05) is 14.2 Å². The Morgan fingerprint density at radius 1 is 1.09 bits per heavy atom. The number of allylic oxidation sites excluding steroid dienone is 1. The van der Waals surface area contributed by atoms with Gasteiger partial charge in [-0.3, -0.25) is 9.59 Å². The third-order valence-corrected chi connectivity index (χ3v) is 9.27. The number of carbonyl (C=O) groups excluding carboxylic acids is 2. The molecule has 0 saturated heterocycles. The van der Waals surface area contributed by atoms with E-state index in [2.05, 4.69) is 25.5 Å². The van der Waals surface area contributed by atoms with Crippen LogP contribution in [0.25, 0.3) is 0 Å². The molecule has 0 aliphatic heterocycles. The van der Waals surface area contributed by atoms with Gasteiger partial charge in [0, 0.05) is 20.5 Å². The van der Waals surface area contributed by atoms with E-state index >= 15 is 0 Å². The van der Waals surface area contributed by atoms with Crippen LogP contribution in [0.1, 0.15) is 91.9 Å². The SMILES string of the molecule is CCCC(OC)OC1CCC2C3CCC4=CC(=O)CCC4(C)C3CCC12C.COC(C)=O. The number of fused-ring (bicyclic) bond motifs is 5. The van der Waals surface area contributed by atoms with Crippen molar-refractivity contribution < 1.29 is 23.8 Å². The fraction of sp³-hybridized carbons (Fsp3) is 0.852. The molecule has 3 fully saturated rings. The first-order chi connectivity index (χ1) is 15.2. The predicted octanol–water partition coefficient (Wildman–Crippen LogP) is 5.86. The Morgan fingerprint density at radius 2 is 1.81 bits per heavy atom. The number of hydrogen-bond acceptors (Lipinski definition) is 5. The zero-order valence-corrected chi connectivity index (χ0v) is 21.1. The maximum Gasteiger partial charge on any atom is 0.302 e. The van der Waals surface area contributed by atoms with E-state index in [9.17, 15) is 9.59 Å². The van der Waals surface area contributed by atoms with Gasteiger partial charge in [-0.1, -0.05) is 32.8 Å². The molecule has 4 aliphatic rings. The first-order valence-corrected chi connectivity index (χ1v) is 12.7. The summed E-state index contributed by atoms with van der Waals surface area (Å²) in [6, 6.07) is 0. The molecule has 7 atom stereocenters. The molecule has 5 heteroatoms. The highest BCUT2D eigenvalue weighted by Crippen LogP contribution is 2.65. The van der Waals surface area contributed by atoms with Gasteiger partial charge in [0.2, 0.25) is 0 Å². The molecule has 0 amide bonds. The van der Waals surface area contributed by atoms with Crippen molar-refractivity contribution in [3.63, 3.8) is 0 Å². The minimum absolute atomic E-state index is 0.0453. The number of esters is 1. The molecule has 0 aromatic carbocycles. The van der Waals surface area contributed by atoms with Crippen molar-refractivity contribution in [1.29, 1.82) is 0 Å². The minimum atomic E-state index is -0.245. The van der Waals surface area contributed by atoms with E-state index in [1.54, 1.807) is 7.11 Å². The summed E-state index contributed by atoms with van der Waals surface area (Å²) in [7, 11) is 3.13. The zero-order chi connectivity index (χ0) is 23.5. The average Bonchev–Trinajstić information content (AvgIpc) is 3.10. The summed E-state index contributed by atoms with van der Waals surface area (Å²) < 4.78 is 16.3. The standard InChI is InChI=1S/C24H38O3.C3H6O2/c1-5-6-22(26-4)27-21-10-9-19-18-8-7-16-15-17(25)11-13-23(16,2)20(18)12-14-24(19,21)3;1-3(4)5-2/h15,18-22H,5-14H2,1-4H3;1-2H3. The largest absolute Gasteiger partial charge is 0.469 e. The van der Waals surface area contributed by atoms with Crippen molar-refractivity contribution >= 4 is 11.8 Å². The Hall–Kier alpha value is -1.20. The van der Waals surface area contributed by atoms with E-state index in [0.29, 0.717) is 17.3 Å². The molecule has 0 N–H and O–H groups in total. The number of ketones is 1. The number of hydrogen-bond donors (Lipinski definition) is 0. The van der Waals surface area contributed by atoms with Gasteiger partial charge < -0.3 is 14.2 Å². The van der Waals surface area contributed by atoms with E-state index in [0.717, 1.165) is 49.9 Å². The van der Waals surface area contributed by atoms with Crippen molar-refractivity contribution in [3.8, 4) is 0 Å². The smallest absolute Gasteiger partial charge is 0.302 e. The first kappa shape index (κ1) is 25.4. The van der Waals surface area contributed by atoms with Crippen molar-refractivity contribution in [2.24, 2.45) is 28.6 Å². The molecular weight excluding hydrogens is 404 g/mol. The number of ether oxygens (including phenoxy) is 3. The summed E-state index contributed by atoms with van der Waals surface area (Å²) in [5, 5.41) is 0. The van der Waals surface area contributed by atoms with E-state index in [1.807, 2.05) is 6.08 Å². The summed E-state index contributed by atoms with van der Waals surface area (Å²) in [5.74, 6) is 2.45. The van der Waals surface area contributed by atoms with Crippen LogP contribution in [-0.2, 0) is 23.8 Å². The zero-order valence-electron chi connectivity index (χ0n) is 21.1. The highest BCUT2D eigenvalue weighted by Gasteiger charge is 2.59. The van der Waals surface area contributed by atoms with Crippen LogP contribution in [0.3, 0.4) is 0 Å². The second-order valence-corrected chi connectivity index (χ2v) is 10.9. The van der Waals surface area contributed by atoms with Gasteiger partial charge in [0.05, 0.1) is 13.2 Å². The van der Waals surface area contributed by atoms with Crippen LogP contribution in [-0.4, -0.2) is 38.4 Å². The monoisotopic (exact) mass is 448 g/mol. The summed E-state index contributed by atoms with van der Waals surface area (Å²) in [5.41, 5.74) is 2.04. The molecule has 0 aromatic heterocycles. The van der Waals surface area contributed by atoms with Gasteiger partial charge in [-0.25, -0.2) is 0 Å². The number of methoxy groups -OCH3 is 2. The number of rotatable bonds is 5. The Kier molecular flexibility index (Phi) is 8.25. The summed E-state index contributed by atoms with van der Waals surface area (Å²) in [4.78, 5) is 21.6. The van der Waals surface area contributed by atoms with Crippen LogP contribution in [0.4, 0.5) is 0 Å². The molecule has 0 spiro atoms. The quantitative estimate of drug-likeness (QED) is 0.390. The van der Waals surface area contributed by atoms with Gasteiger partial charge in [0.15, 0.2) is 12.1 Å². The molecule has 0 radical (unpaired) electrons. The van der Waals surface area contributed by atoms with Crippen LogP contribution in [0, 0.1) is 28.6 Å². The van der Waals surface area contributed by atoms with Crippen molar-refractivity contribution in [1.82, 2.24) is 0 Å². The van der Waals surface area contributed by atoms with Gasteiger partial charge in [0.25, 0.3) is 0 Å². The topological polar surface area (TPSA) is 61.8 Å². The predicted molar refractivity (Wildman–Crippen MR) is 125 cm³/mol. The molecule has 0 heterocycles. The van der Waals surface area contributed by atoms with E-state index < -0.39 is 0 Å². The lowest BCUT2D eigenvalue weighted by atomic mass is 9.47. The van der Waals surface area contributed by atoms with Gasteiger partial charge >= 0.3 is 5.97 Å². The Morgan fingerprint density at radius 3 is 2.44 bits per heavy atom. The average molecular weight is 449 g/mol. The molecule has 4 aliphatic carbocycles. The van der Waals surface area contributed by atoms with E-state index in [-0.39, 0.29) is 17.7 Å². The Labute approximate surface area is 194 Å². The van der Waals surface area contributed by atoms with Crippen LogP contribution in [0.5, 0.6) is 0 Å². The second kappa shape index (κ2) is 10.4. The van der Waals surface area contributed by atoms with Crippen LogP contribution >= 0.6 is 0 Å². The van der Waals surface area contributed by atoms with Gasteiger partial charge in [-0.2, -0.15) is 0 Å². The molecule has 4 rings (SSSR count). The van der Waals surface area contributed by atoms with Gasteiger partial charge in [-0.15, -0.1) is 0 Å². The van der Waals surface area contributed by atoms with Gasteiger partial charge in [-0.05, 0) is 86.0 Å².